The van der Waals surface area contributed by atoms with Crippen molar-refractivity contribution in [1.29, 1.82) is 0 Å². The van der Waals surface area contributed by atoms with E-state index < -0.39 is 11.2 Å². The molecule has 0 bridgehead atoms. The fraction of sp³-hybridized carbons (Fsp3) is 0.278. The molecule has 0 aliphatic rings. The van der Waals surface area contributed by atoms with Gasteiger partial charge in [0, 0.05) is 26.3 Å². The smallest absolute Gasteiger partial charge is 0.331 e. The molecular weight excluding hydrogens is 354 g/mol. The van der Waals surface area contributed by atoms with Crippen LogP contribution in [0.5, 0.6) is 5.75 Å². The Balaban J connectivity index is 2.08. The third kappa shape index (κ3) is 2.82. The summed E-state index contributed by atoms with van der Waals surface area (Å²) in [5.74, 6) is 0.492. The third-order valence-electron chi connectivity index (χ3n) is 4.28. The van der Waals surface area contributed by atoms with Crippen LogP contribution in [0.3, 0.4) is 0 Å². The van der Waals surface area contributed by atoms with E-state index in [1.54, 1.807) is 37.3 Å². The number of ether oxygens (including phenoxy) is 1. The predicted molar refractivity (Wildman–Crippen MR) is 103 cm³/mol. The van der Waals surface area contributed by atoms with Crippen LogP contribution in [-0.2, 0) is 14.1 Å². The summed E-state index contributed by atoms with van der Waals surface area (Å²) in [5, 5.41) is 0.369. The SMILES string of the molecule is CCN(C(=O)c1cc2c(=O)n(C)c(=O)n(C)c2s1)c1ccc(OC)cc1. The molecular formula is C18H19N3O4S. The Morgan fingerprint density at radius 3 is 2.38 bits per heavy atom. The van der Waals surface area contributed by atoms with Gasteiger partial charge in [0.05, 0.1) is 17.4 Å². The van der Waals surface area contributed by atoms with Gasteiger partial charge in [0.25, 0.3) is 11.5 Å². The average Bonchev–Trinajstić information content (AvgIpc) is 3.11. The summed E-state index contributed by atoms with van der Waals surface area (Å²) in [6, 6.07) is 8.76. The highest BCUT2D eigenvalue weighted by Crippen LogP contribution is 2.26. The highest BCUT2D eigenvalue weighted by atomic mass is 32.1. The van der Waals surface area contributed by atoms with Gasteiger partial charge in [-0.15, -0.1) is 11.3 Å². The Morgan fingerprint density at radius 2 is 1.81 bits per heavy atom. The molecule has 0 spiro atoms. The van der Waals surface area contributed by atoms with Gasteiger partial charge in [-0.2, -0.15) is 0 Å². The van der Waals surface area contributed by atoms with Gasteiger partial charge in [-0.05, 0) is 37.3 Å². The van der Waals surface area contributed by atoms with E-state index in [2.05, 4.69) is 0 Å². The van der Waals surface area contributed by atoms with E-state index >= 15 is 0 Å². The van der Waals surface area contributed by atoms with Crippen molar-refractivity contribution in [1.82, 2.24) is 9.13 Å². The molecule has 7 nitrogen and oxygen atoms in total. The zero-order valence-electron chi connectivity index (χ0n) is 15.0. The minimum Gasteiger partial charge on any atom is -0.497 e. The van der Waals surface area contributed by atoms with E-state index in [9.17, 15) is 14.4 Å². The molecule has 0 saturated heterocycles. The largest absolute Gasteiger partial charge is 0.497 e. The molecule has 1 aromatic carbocycles. The number of hydrogen-bond donors (Lipinski definition) is 0. The van der Waals surface area contributed by atoms with Crippen molar-refractivity contribution in [3.05, 3.63) is 56.0 Å². The van der Waals surface area contributed by atoms with Crippen molar-refractivity contribution >= 4 is 33.1 Å². The van der Waals surface area contributed by atoms with E-state index in [4.69, 9.17) is 4.74 Å². The first-order valence-electron chi connectivity index (χ1n) is 8.04. The number of amides is 1. The molecule has 26 heavy (non-hydrogen) atoms. The topological polar surface area (TPSA) is 73.5 Å². The number of nitrogens with zero attached hydrogens (tertiary/aromatic N) is 3. The van der Waals surface area contributed by atoms with Gasteiger partial charge in [-0.3, -0.25) is 18.7 Å². The molecule has 1 amide bonds. The number of carbonyl (C=O) groups excluding carboxylic acids is 1. The first-order chi connectivity index (χ1) is 12.4. The van der Waals surface area contributed by atoms with Crippen LogP contribution in [0.2, 0.25) is 0 Å². The summed E-state index contributed by atoms with van der Waals surface area (Å²) in [5.41, 5.74) is -0.0747. The Kier molecular flexibility index (Phi) is 4.69. The first-order valence-corrected chi connectivity index (χ1v) is 8.86. The molecule has 0 N–H and O–H groups in total. The maximum absolute atomic E-state index is 13.0. The van der Waals surface area contributed by atoms with E-state index in [0.717, 1.165) is 21.6 Å². The lowest BCUT2D eigenvalue weighted by Gasteiger charge is -2.20. The zero-order valence-corrected chi connectivity index (χ0v) is 15.8. The number of methoxy groups -OCH3 is 1. The molecule has 3 aromatic rings. The van der Waals surface area contributed by atoms with Crippen LogP contribution in [0.1, 0.15) is 16.6 Å². The van der Waals surface area contributed by atoms with Crippen molar-refractivity contribution in [2.24, 2.45) is 14.1 Å². The van der Waals surface area contributed by atoms with E-state index in [0.29, 0.717) is 27.4 Å². The molecule has 2 heterocycles. The van der Waals surface area contributed by atoms with Gasteiger partial charge < -0.3 is 9.64 Å². The highest BCUT2D eigenvalue weighted by Gasteiger charge is 2.21. The maximum Gasteiger partial charge on any atom is 0.331 e. The van der Waals surface area contributed by atoms with E-state index in [-0.39, 0.29) is 5.91 Å². The van der Waals surface area contributed by atoms with Gasteiger partial charge in [0.15, 0.2) is 0 Å². The second-order valence-electron chi connectivity index (χ2n) is 5.78. The lowest BCUT2D eigenvalue weighted by Crippen LogP contribution is -2.36. The molecule has 0 fully saturated rings. The van der Waals surface area contributed by atoms with Gasteiger partial charge in [-0.1, -0.05) is 0 Å². The van der Waals surface area contributed by atoms with E-state index in [1.807, 2.05) is 19.1 Å². The summed E-state index contributed by atoms with van der Waals surface area (Å²) in [6.07, 6.45) is 0. The summed E-state index contributed by atoms with van der Waals surface area (Å²) in [7, 11) is 4.61. The van der Waals surface area contributed by atoms with Crippen LogP contribution in [0.4, 0.5) is 5.69 Å². The normalized spacial score (nSPS) is 10.9. The van der Waals surface area contributed by atoms with Gasteiger partial charge >= 0.3 is 5.69 Å². The quantitative estimate of drug-likeness (QED) is 0.701. The monoisotopic (exact) mass is 373 g/mol. The van der Waals surface area contributed by atoms with Crippen LogP contribution in [0, 0.1) is 0 Å². The van der Waals surface area contributed by atoms with E-state index in [1.165, 1.54) is 11.6 Å². The summed E-state index contributed by atoms with van der Waals surface area (Å²) < 4.78 is 7.58. The lowest BCUT2D eigenvalue weighted by molar-refractivity contribution is 0.0992. The fourth-order valence-electron chi connectivity index (χ4n) is 2.81. The van der Waals surface area contributed by atoms with Gasteiger partial charge in [0.1, 0.15) is 10.6 Å². The second kappa shape index (κ2) is 6.80. The number of carbonyl (C=O) groups is 1. The van der Waals surface area contributed by atoms with Gasteiger partial charge in [0.2, 0.25) is 0 Å². The van der Waals surface area contributed by atoms with Crippen molar-refractivity contribution in [2.75, 3.05) is 18.6 Å². The van der Waals surface area contributed by atoms with Crippen LogP contribution in [-0.4, -0.2) is 28.7 Å². The zero-order chi connectivity index (χ0) is 19.0. The first kappa shape index (κ1) is 17.9. The van der Waals surface area contributed by atoms with Crippen molar-refractivity contribution in [3.63, 3.8) is 0 Å². The maximum atomic E-state index is 13.0. The number of aryl methyl sites for hydroxylation is 1. The number of hydrogen-bond acceptors (Lipinski definition) is 5. The third-order valence-corrected chi connectivity index (χ3v) is 5.48. The van der Waals surface area contributed by atoms with Crippen molar-refractivity contribution in [3.8, 4) is 5.75 Å². The molecule has 3 rings (SSSR count). The Bertz CT molecular complexity index is 1090. The minimum absolute atomic E-state index is 0.214. The fourth-order valence-corrected chi connectivity index (χ4v) is 3.86. The molecule has 0 radical (unpaired) electrons. The molecule has 0 aliphatic heterocycles. The molecule has 136 valence electrons. The Morgan fingerprint density at radius 1 is 1.15 bits per heavy atom. The summed E-state index contributed by atoms with van der Waals surface area (Å²) in [6.45, 7) is 2.35. The highest BCUT2D eigenvalue weighted by molar-refractivity contribution is 7.20. The molecule has 0 unspecified atom stereocenters. The number of rotatable bonds is 4. The molecule has 2 aromatic heterocycles. The number of fused-ring (bicyclic) bond motifs is 1. The summed E-state index contributed by atoms with van der Waals surface area (Å²) in [4.78, 5) is 39.9. The van der Waals surface area contributed by atoms with Gasteiger partial charge in [-0.25, -0.2) is 4.79 Å². The molecule has 8 heteroatoms. The van der Waals surface area contributed by atoms with Crippen LogP contribution < -0.4 is 20.9 Å². The number of anilines is 1. The molecule has 0 saturated carbocycles. The van der Waals surface area contributed by atoms with Crippen LogP contribution in [0.15, 0.2) is 39.9 Å². The van der Waals surface area contributed by atoms with Crippen molar-refractivity contribution in [2.45, 2.75) is 6.92 Å². The molecule has 0 atom stereocenters. The standard InChI is InChI=1S/C18H19N3O4S/c1-5-21(11-6-8-12(25-4)9-7-11)16(23)14-10-13-15(22)19(2)18(24)20(3)17(13)26-14/h6-10H,5H2,1-4H3. The van der Waals surface area contributed by atoms with Crippen molar-refractivity contribution < 1.29 is 9.53 Å². The number of benzene rings is 1. The Labute approximate surface area is 153 Å². The lowest BCUT2D eigenvalue weighted by atomic mass is 10.2. The number of aromatic nitrogens is 2. The average molecular weight is 373 g/mol. The van der Waals surface area contributed by atoms with Crippen LogP contribution >= 0.6 is 11.3 Å². The van der Waals surface area contributed by atoms with Crippen LogP contribution in [0.25, 0.3) is 10.2 Å². The molecule has 0 aliphatic carbocycles. The minimum atomic E-state index is -0.411. The Hall–Kier alpha value is -2.87. The number of thiophene rings is 1. The second-order valence-corrected chi connectivity index (χ2v) is 6.81. The predicted octanol–water partition coefficient (Wildman–Crippen LogP) is 1.97. The summed E-state index contributed by atoms with van der Waals surface area (Å²) >= 11 is 1.15.